The van der Waals surface area contributed by atoms with Crippen LogP contribution in [-0.2, 0) is 0 Å². The molecule has 0 aromatic rings. The second-order valence-electron chi connectivity index (χ2n) is 1.34. The first-order valence-corrected chi connectivity index (χ1v) is 4.65. The average molecular weight is 209 g/mol. The maximum atomic E-state index is 3.02. The number of rotatable bonds is 0. The van der Waals surface area contributed by atoms with Gasteiger partial charge in [-0.3, -0.25) is 0 Å². The summed E-state index contributed by atoms with van der Waals surface area (Å²) in [6.07, 6.45) is 4.08. The Morgan fingerprint density at radius 2 is 2.57 bits per heavy atom. The van der Waals surface area contributed by atoms with Gasteiger partial charge in [0.05, 0.1) is 0 Å². The average Bonchev–Trinajstić information content (AvgIpc) is 1.69. The van der Waals surface area contributed by atoms with Crippen molar-refractivity contribution < 1.29 is 0 Å². The van der Waals surface area contributed by atoms with Crippen LogP contribution in [0.15, 0.2) is 20.1 Å². The van der Waals surface area contributed by atoms with Gasteiger partial charge in [-0.05, 0) is 0 Å². The summed E-state index contributed by atoms with van der Waals surface area (Å²) < 4.78 is 3.76. The van der Waals surface area contributed by atoms with E-state index in [9.17, 15) is 0 Å². The summed E-state index contributed by atoms with van der Waals surface area (Å²) in [5, 5.41) is 3.02. The summed E-state index contributed by atoms with van der Waals surface area (Å²) in [5.41, 5.74) is 0. The van der Waals surface area contributed by atoms with E-state index in [0.717, 1.165) is 0 Å². The normalized spacial score (nSPS) is 18.1. The Morgan fingerprint density at radius 1 is 1.71 bits per heavy atom. The summed E-state index contributed by atoms with van der Waals surface area (Å²) >= 11 is 0.118. The molecule has 0 aliphatic carbocycles. The molecule has 1 rings (SSSR count). The van der Waals surface area contributed by atoms with Crippen LogP contribution in [-0.4, -0.2) is 20.9 Å². The van der Waals surface area contributed by atoms with Crippen molar-refractivity contribution >= 4 is 20.9 Å². The first-order chi connectivity index (χ1) is 3.39. The molecule has 1 aliphatic heterocycles. The predicted molar refractivity (Wildman–Crippen MR) is 31.8 cm³/mol. The summed E-state index contributed by atoms with van der Waals surface area (Å²) in [4.78, 5) is 0. The Morgan fingerprint density at radius 3 is 2.86 bits per heavy atom. The fourth-order valence-corrected chi connectivity index (χ4v) is 1.80. The monoisotopic (exact) mass is 211 g/mol. The summed E-state index contributed by atoms with van der Waals surface area (Å²) in [6.45, 7) is 2.17. The standard InChI is InChI=1S/C5H7NTe/c1-5-4-6-2-3-7-5/h2-4,6H,1H3. The van der Waals surface area contributed by atoms with E-state index in [4.69, 9.17) is 0 Å². The Bertz CT molecular complexity index is 115. The zero-order valence-corrected chi connectivity index (χ0v) is 6.47. The van der Waals surface area contributed by atoms with Crippen molar-refractivity contribution in [2.24, 2.45) is 0 Å². The van der Waals surface area contributed by atoms with Gasteiger partial charge in [0.1, 0.15) is 0 Å². The van der Waals surface area contributed by atoms with Gasteiger partial charge in [-0.15, -0.1) is 0 Å². The van der Waals surface area contributed by atoms with Gasteiger partial charge < -0.3 is 0 Å². The summed E-state index contributed by atoms with van der Waals surface area (Å²) in [7, 11) is 0. The Kier molecular flexibility index (Phi) is 1.78. The molecule has 1 N–H and O–H groups in total. The van der Waals surface area contributed by atoms with Crippen molar-refractivity contribution in [1.82, 2.24) is 5.32 Å². The number of allylic oxidation sites excluding steroid dienone is 1. The van der Waals surface area contributed by atoms with Crippen molar-refractivity contribution in [2.75, 3.05) is 0 Å². The summed E-state index contributed by atoms with van der Waals surface area (Å²) in [6, 6.07) is 0. The second kappa shape index (κ2) is 2.40. The van der Waals surface area contributed by atoms with E-state index in [0.29, 0.717) is 0 Å². The minimum atomic E-state index is 0.118. The third kappa shape index (κ3) is 1.54. The van der Waals surface area contributed by atoms with E-state index in [1.165, 1.54) is 3.62 Å². The zero-order chi connectivity index (χ0) is 5.11. The molecule has 2 heteroatoms. The van der Waals surface area contributed by atoms with Crippen LogP contribution in [0.4, 0.5) is 0 Å². The van der Waals surface area contributed by atoms with Crippen LogP contribution in [0.5, 0.6) is 0 Å². The van der Waals surface area contributed by atoms with Crippen molar-refractivity contribution in [2.45, 2.75) is 6.92 Å². The fraction of sp³-hybridized carbons (Fsp3) is 0.200. The van der Waals surface area contributed by atoms with E-state index >= 15 is 0 Å². The van der Waals surface area contributed by atoms with Crippen LogP contribution in [0.3, 0.4) is 0 Å². The molecule has 0 atom stereocenters. The Labute approximate surface area is 53.6 Å². The SMILES string of the molecule is CC1=CNC=C[Te]1. The van der Waals surface area contributed by atoms with Gasteiger partial charge in [-0.25, -0.2) is 0 Å². The minimum absolute atomic E-state index is 0.118. The van der Waals surface area contributed by atoms with Gasteiger partial charge in [0.15, 0.2) is 0 Å². The van der Waals surface area contributed by atoms with Crippen molar-refractivity contribution in [3.05, 3.63) is 20.1 Å². The molecule has 7 heavy (non-hydrogen) atoms. The molecule has 0 amide bonds. The van der Waals surface area contributed by atoms with E-state index in [2.05, 4.69) is 22.6 Å². The van der Waals surface area contributed by atoms with Gasteiger partial charge in [-0.2, -0.15) is 0 Å². The van der Waals surface area contributed by atoms with Gasteiger partial charge in [0, 0.05) is 0 Å². The van der Waals surface area contributed by atoms with Crippen molar-refractivity contribution in [1.29, 1.82) is 0 Å². The van der Waals surface area contributed by atoms with Crippen LogP contribution in [0.2, 0.25) is 0 Å². The molecule has 0 spiro atoms. The van der Waals surface area contributed by atoms with Gasteiger partial charge in [0.25, 0.3) is 0 Å². The fourth-order valence-electron chi connectivity index (χ4n) is 0.380. The van der Waals surface area contributed by atoms with Crippen LogP contribution in [0.25, 0.3) is 0 Å². The summed E-state index contributed by atoms with van der Waals surface area (Å²) in [5.74, 6) is 0. The molecule has 0 aromatic carbocycles. The number of hydrogen-bond acceptors (Lipinski definition) is 1. The maximum absolute atomic E-state index is 3.02. The van der Waals surface area contributed by atoms with Crippen LogP contribution in [0, 0.1) is 0 Å². The molecule has 0 aromatic heterocycles. The number of hydrogen-bond donors (Lipinski definition) is 1. The van der Waals surface area contributed by atoms with Gasteiger partial charge in [0.2, 0.25) is 0 Å². The molecule has 1 nitrogen and oxygen atoms in total. The third-order valence-corrected chi connectivity index (χ3v) is 2.88. The quantitative estimate of drug-likeness (QED) is 0.576. The molecular weight excluding hydrogens is 202 g/mol. The molecule has 1 heterocycles. The third-order valence-electron chi connectivity index (χ3n) is 0.705. The second-order valence-corrected chi connectivity index (χ2v) is 4.63. The molecule has 1 aliphatic rings. The molecule has 0 saturated heterocycles. The van der Waals surface area contributed by atoms with Crippen molar-refractivity contribution in [3.8, 4) is 0 Å². The van der Waals surface area contributed by atoms with E-state index in [1.54, 1.807) is 0 Å². The molecule has 0 fully saturated rings. The molecule has 0 saturated carbocycles. The van der Waals surface area contributed by atoms with Crippen molar-refractivity contribution in [3.63, 3.8) is 0 Å². The van der Waals surface area contributed by atoms with E-state index in [1.807, 2.05) is 6.20 Å². The topological polar surface area (TPSA) is 12.0 Å². The first kappa shape index (κ1) is 5.21. The van der Waals surface area contributed by atoms with E-state index < -0.39 is 0 Å². The molecule has 0 bridgehead atoms. The van der Waals surface area contributed by atoms with Crippen LogP contribution in [0.1, 0.15) is 6.92 Å². The van der Waals surface area contributed by atoms with Crippen LogP contribution >= 0.6 is 0 Å². The molecule has 0 radical (unpaired) electrons. The first-order valence-electron chi connectivity index (χ1n) is 2.14. The van der Waals surface area contributed by atoms with E-state index in [-0.39, 0.29) is 20.9 Å². The predicted octanol–water partition coefficient (Wildman–Crippen LogP) is 0.626. The van der Waals surface area contributed by atoms with Crippen LogP contribution < -0.4 is 5.32 Å². The molecular formula is C5H7NTe. The zero-order valence-electron chi connectivity index (χ0n) is 4.14. The Balaban J connectivity index is 2.50. The van der Waals surface area contributed by atoms with Gasteiger partial charge in [-0.1, -0.05) is 0 Å². The Hall–Kier alpha value is 0.0696. The van der Waals surface area contributed by atoms with Gasteiger partial charge >= 0.3 is 53.3 Å². The number of nitrogens with one attached hydrogen (secondary N) is 1. The molecule has 38 valence electrons. The molecule has 0 unspecified atom stereocenters.